The fourth-order valence-corrected chi connectivity index (χ4v) is 3.84. The Kier molecular flexibility index (Phi) is 5.70. The first-order valence-electron chi connectivity index (χ1n) is 7.33. The van der Waals surface area contributed by atoms with Crippen molar-refractivity contribution in [3.05, 3.63) is 11.7 Å². The van der Waals surface area contributed by atoms with Crippen molar-refractivity contribution in [3.8, 4) is 0 Å². The van der Waals surface area contributed by atoms with Gasteiger partial charge in [0.15, 0.2) is 5.82 Å². The van der Waals surface area contributed by atoms with Crippen molar-refractivity contribution in [1.82, 2.24) is 10.1 Å². The van der Waals surface area contributed by atoms with E-state index in [-0.39, 0.29) is 0 Å². The summed E-state index contributed by atoms with van der Waals surface area (Å²) in [5.74, 6) is 3.97. The highest BCUT2D eigenvalue weighted by Crippen LogP contribution is 2.36. The summed E-state index contributed by atoms with van der Waals surface area (Å²) in [4.78, 5) is 4.57. The summed E-state index contributed by atoms with van der Waals surface area (Å²) < 4.78 is 5.40. The second-order valence-electron chi connectivity index (χ2n) is 5.84. The quantitative estimate of drug-likeness (QED) is 0.868. The van der Waals surface area contributed by atoms with E-state index < -0.39 is 0 Å². The van der Waals surface area contributed by atoms with Crippen molar-refractivity contribution in [2.45, 2.75) is 51.2 Å². The minimum absolute atomic E-state index is 0.438. The number of nitrogens with two attached hydrogens (primary N) is 1. The lowest BCUT2D eigenvalue weighted by Gasteiger charge is -2.17. The predicted molar refractivity (Wildman–Crippen MR) is 79.1 cm³/mol. The van der Waals surface area contributed by atoms with Crippen LogP contribution in [0.1, 0.15) is 56.5 Å². The minimum Gasteiger partial charge on any atom is -0.339 e. The summed E-state index contributed by atoms with van der Waals surface area (Å²) in [5, 5.41) is 4.60. The molecule has 0 saturated carbocycles. The lowest BCUT2D eigenvalue weighted by atomic mass is 9.94. The minimum atomic E-state index is 0.438. The van der Waals surface area contributed by atoms with Gasteiger partial charge in [-0.1, -0.05) is 25.4 Å². The van der Waals surface area contributed by atoms with Gasteiger partial charge in [-0.3, -0.25) is 0 Å². The highest BCUT2D eigenvalue weighted by molar-refractivity contribution is 7.99. The SMILES string of the molecule is CC(C)CC(CN)Cc1nc(C2CCCCS2)no1. The molecule has 0 radical (unpaired) electrons. The maximum atomic E-state index is 5.82. The van der Waals surface area contributed by atoms with E-state index >= 15 is 0 Å². The van der Waals surface area contributed by atoms with Crippen molar-refractivity contribution < 1.29 is 4.52 Å². The van der Waals surface area contributed by atoms with Crippen LogP contribution in [-0.4, -0.2) is 22.4 Å². The van der Waals surface area contributed by atoms with E-state index in [1.54, 1.807) is 0 Å². The van der Waals surface area contributed by atoms with Crippen LogP contribution in [0.15, 0.2) is 4.52 Å². The third-order valence-electron chi connectivity index (χ3n) is 3.55. The number of hydrogen-bond donors (Lipinski definition) is 1. The molecule has 0 amide bonds. The molecule has 1 saturated heterocycles. The first-order chi connectivity index (χ1) is 9.19. The maximum Gasteiger partial charge on any atom is 0.227 e. The zero-order chi connectivity index (χ0) is 13.7. The van der Waals surface area contributed by atoms with Gasteiger partial charge in [-0.2, -0.15) is 16.7 Å². The van der Waals surface area contributed by atoms with Crippen molar-refractivity contribution in [3.63, 3.8) is 0 Å². The Morgan fingerprint density at radius 1 is 1.42 bits per heavy atom. The summed E-state index contributed by atoms with van der Waals surface area (Å²) in [5.41, 5.74) is 5.82. The molecule has 0 aromatic carbocycles. The lowest BCUT2D eigenvalue weighted by Crippen LogP contribution is -2.19. The second kappa shape index (κ2) is 7.29. The van der Waals surface area contributed by atoms with Gasteiger partial charge in [0.25, 0.3) is 0 Å². The van der Waals surface area contributed by atoms with Crippen molar-refractivity contribution in [2.75, 3.05) is 12.3 Å². The molecule has 2 unspecified atom stereocenters. The average molecular weight is 283 g/mol. The van der Waals surface area contributed by atoms with E-state index in [1.165, 1.54) is 25.0 Å². The van der Waals surface area contributed by atoms with Gasteiger partial charge in [-0.05, 0) is 43.4 Å². The van der Waals surface area contributed by atoms with Gasteiger partial charge in [0, 0.05) is 6.42 Å². The van der Waals surface area contributed by atoms with Crippen LogP contribution in [-0.2, 0) is 6.42 Å². The Balaban J connectivity index is 1.92. The summed E-state index contributed by atoms with van der Waals surface area (Å²) in [7, 11) is 0. The van der Waals surface area contributed by atoms with Gasteiger partial charge in [0.05, 0.1) is 5.25 Å². The number of aromatic nitrogens is 2. The lowest BCUT2D eigenvalue weighted by molar-refractivity contribution is 0.329. The molecule has 0 spiro atoms. The maximum absolute atomic E-state index is 5.82. The van der Waals surface area contributed by atoms with Crippen LogP contribution in [0.25, 0.3) is 0 Å². The van der Waals surface area contributed by atoms with Crippen LogP contribution >= 0.6 is 11.8 Å². The normalized spacial score (nSPS) is 21.8. The van der Waals surface area contributed by atoms with Crippen molar-refractivity contribution in [2.24, 2.45) is 17.6 Å². The molecular weight excluding hydrogens is 258 g/mol. The highest BCUT2D eigenvalue weighted by atomic mass is 32.2. The zero-order valence-electron chi connectivity index (χ0n) is 12.0. The molecule has 2 rings (SSSR count). The van der Waals surface area contributed by atoms with Crippen molar-refractivity contribution in [1.29, 1.82) is 0 Å². The number of thioether (sulfide) groups is 1. The monoisotopic (exact) mass is 283 g/mol. The number of nitrogens with zero attached hydrogens (tertiary/aromatic N) is 2. The molecule has 1 aliphatic heterocycles. The fourth-order valence-electron chi connectivity index (χ4n) is 2.60. The molecule has 5 heteroatoms. The van der Waals surface area contributed by atoms with Gasteiger partial charge >= 0.3 is 0 Å². The number of hydrogen-bond acceptors (Lipinski definition) is 5. The van der Waals surface area contributed by atoms with E-state index in [9.17, 15) is 0 Å². The third kappa shape index (κ3) is 4.49. The number of rotatable bonds is 6. The van der Waals surface area contributed by atoms with Crippen LogP contribution < -0.4 is 5.73 Å². The third-order valence-corrected chi connectivity index (χ3v) is 4.93. The second-order valence-corrected chi connectivity index (χ2v) is 7.15. The van der Waals surface area contributed by atoms with E-state index in [2.05, 4.69) is 24.0 Å². The van der Waals surface area contributed by atoms with Gasteiger partial charge in [-0.25, -0.2) is 0 Å². The molecule has 2 heterocycles. The molecule has 1 aromatic rings. The Hall–Kier alpha value is -0.550. The Morgan fingerprint density at radius 2 is 2.26 bits per heavy atom. The highest BCUT2D eigenvalue weighted by Gasteiger charge is 2.22. The largest absolute Gasteiger partial charge is 0.339 e. The summed E-state index contributed by atoms with van der Waals surface area (Å²) >= 11 is 1.96. The van der Waals surface area contributed by atoms with E-state index in [0.717, 1.165) is 24.6 Å². The summed E-state index contributed by atoms with van der Waals surface area (Å²) in [6.45, 7) is 5.13. The molecule has 1 aromatic heterocycles. The van der Waals surface area contributed by atoms with Crippen LogP contribution in [0.4, 0.5) is 0 Å². The van der Waals surface area contributed by atoms with Crippen LogP contribution in [0.2, 0.25) is 0 Å². The van der Waals surface area contributed by atoms with Crippen LogP contribution in [0.3, 0.4) is 0 Å². The van der Waals surface area contributed by atoms with Gasteiger partial charge < -0.3 is 10.3 Å². The topological polar surface area (TPSA) is 64.9 Å². The molecular formula is C14H25N3OS. The van der Waals surface area contributed by atoms with Crippen LogP contribution in [0, 0.1) is 11.8 Å². The standard InChI is InChI=1S/C14H25N3OS/c1-10(2)7-11(9-15)8-13-16-14(17-18-13)12-5-3-4-6-19-12/h10-12H,3-9,15H2,1-2H3. The van der Waals surface area contributed by atoms with Gasteiger partial charge in [0.1, 0.15) is 0 Å². The van der Waals surface area contributed by atoms with Crippen LogP contribution in [0.5, 0.6) is 0 Å². The molecule has 0 bridgehead atoms. The molecule has 2 atom stereocenters. The first kappa shape index (κ1) is 14.9. The van der Waals surface area contributed by atoms with E-state index in [4.69, 9.17) is 10.3 Å². The molecule has 1 fully saturated rings. The van der Waals surface area contributed by atoms with E-state index in [1.807, 2.05) is 11.8 Å². The predicted octanol–water partition coefficient (Wildman–Crippen LogP) is 3.19. The smallest absolute Gasteiger partial charge is 0.227 e. The molecule has 0 aliphatic carbocycles. The van der Waals surface area contributed by atoms with E-state index in [0.29, 0.717) is 23.6 Å². The van der Waals surface area contributed by atoms with Gasteiger partial charge in [0.2, 0.25) is 5.89 Å². The first-order valence-corrected chi connectivity index (χ1v) is 8.38. The van der Waals surface area contributed by atoms with Gasteiger partial charge in [-0.15, -0.1) is 0 Å². The summed E-state index contributed by atoms with van der Waals surface area (Å²) in [6.07, 6.45) is 5.71. The Morgan fingerprint density at radius 3 is 2.89 bits per heavy atom. The summed E-state index contributed by atoms with van der Waals surface area (Å²) in [6, 6.07) is 0. The molecule has 2 N–H and O–H groups in total. The fraction of sp³-hybridized carbons (Fsp3) is 0.857. The molecule has 19 heavy (non-hydrogen) atoms. The van der Waals surface area contributed by atoms with Crippen molar-refractivity contribution >= 4 is 11.8 Å². The Bertz CT molecular complexity index is 375. The molecule has 4 nitrogen and oxygen atoms in total. The molecule has 1 aliphatic rings. The zero-order valence-corrected chi connectivity index (χ0v) is 12.8. The average Bonchev–Trinajstić information content (AvgIpc) is 2.87. The Labute approximate surface area is 119 Å². The molecule has 108 valence electrons.